The molecule has 0 radical (unpaired) electrons. The molecule has 1 aliphatic rings. The third kappa shape index (κ3) is 4.51. The van der Waals surface area contributed by atoms with E-state index in [0.717, 1.165) is 11.3 Å². The molecule has 1 atom stereocenters. The van der Waals surface area contributed by atoms with E-state index in [-0.39, 0.29) is 18.6 Å². The molecule has 0 unspecified atom stereocenters. The van der Waals surface area contributed by atoms with E-state index in [1.807, 2.05) is 62.1 Å². The van der Waals surface area contributed by atoms with Gasteiger partial charge in [-0.15, -0.1) is 0 Å². The van der Waals surface area contributed by atoms with Crippen LogP contribution in [0.1, 0.15) is 54.3 Å². The van der Waals surface area contributed by atoms with Gasteiger partial charge >= 0.3 is 0 Å². The zero-order valence-electron chi connectivity index (χ0n) is 21.2. The highest BCUT2D eigenvalue weighted by Gasteiger charge is 2.43. The second-order valence-corrected chi connectivity index (χ2v) is 9.38. The number of aromatic nitrogens is 4. The molecule has 0 aliphatic carbocycles. The zero-order chi connectivity index (χ0) is 26.2. The average Bonchev–Trinajstić information content (AvgIpc) is 3.41. The predicted octanol–water partition coefficient (Wildman–Crippen LogP) is 4.43. The van der Waals surface area contributed by atoms with Crippen LogP contribution in [0.4, 0.5) is 17.3 Å². The molecule has 0 fully saturated rings. The van der Waals surface area contributed by atoms with Crippen molar-refractivity contribution in [1.82, 2.24) is 25.0 Å². The number of benzene rings is 1. The van der Waals surface area contributed by atoms with Crippen molar-refractivity contribution in [2.24, 2.45) is 0 Å². The molecule has 190 valence electrons. The van der Waals surface area contributed by atoms with Crippen LogP contribution < -0.4 is 10.6 Å². The first kappa shape index (κ1) is 24.4. The number of aliphatic hydroxyl groups is 1. The van der Waals surface area contributed by atoms with Crippen molar-refractivity contribution >= 4 is 23.2 Å². The van der Waals surface area contributed by atoms with Crippen LogP contribution in [0.2, 0.25) is 0 Å². The highest BCUT2D eigenvalue weighted by atomic mass is 16.5. The molecule has 5 rings (SSSR count). The van der Waals surface area contributed by atoms with Crippen LogP contribution in [0.25, 0.3) is 11.5 Å². The molecule has 0 saturated carbocycles. The molecular formula is C27H29N7O3. The molecule has 1 aromatic carbocycles. The number of nitrogens with one attached hydrogen (secondary N) is 2. The van der Waals surface area contributed by atoms with Gasteiger partial charge in [0, 0.05) is 18.8 Å². The van der Waals surface area contributed by atoms with Crippen LogP contribution in [0.15, 0.2) is 59.3 Å². The summed E-state index contributed by atoms with van der Waals surface area (Å²) in [5.41, 5.74) is 3.01. The van der Waals surface area contributed by atoms with Gasteiger partial charge in [0.25, 0.3) is 11.8 Å². The van der Waals surface area contributed by atoms with Gasteiger partial charge in [-0.1, -0.05) is 35.5 Å². The van der Waals surface area contributed by atoms with E-state index >= 15 is 0 Å². The van der Waals surface area contributed by atoms with E-state index < -0.39 is 5.54 Å². The summed E-state index contributed by atoms with van der Waals surface area (Å²) in [4.78, 5) is 28.3. The Morgan fingerprint density at radius 1 is 1.08 bits per heavy atom. The third-order valence-corrected chi connectivity index (χ3v) is 6.57. The second-order valence-electron chi connectivity index (χ2n) is 9.38. The number of nitrogens with zero attached hydrogens (tertiary/aromatic N) is 5. The number of amides is 1. The molecule has 3 N–H and O–H groups in total. The van der Waals surface area contributed by atoms with Crippen LogP contribution >= 0.6 is 0 Å². The molecule has 0 bridgehead atoms. The lowest BCUT2D eigenvalue weighted by Gasteiger charge is -2.30. The molecule has 4 aromatic rings. The molecule has 0 spiro atoms. The van der Waals surface area contributed by atoms with Gasteiger partial charge < -0.3 is 25.2 Å². The van der Waals surface area contributed by atoms with E-state index in [0.29, 0.717) is 46.7 Å². The van der Waals surface area contributed by atoms with Gasteiger partial charge in [-0.2, -0.15) is 4.98 Å². The van der Waals surface area contributed by atoms with E-state index in [2.05, 4.69) is 25.8 Å². The highest BCUT2D eigenvalue weighted by Crippen LogP contribution is 2.38. The van der Waals surface area contributed by atoms with E-state index in [9.17, 15) is 9.90 Å². The van der Waals surface area contributed by atoms with Crippen molar-refractivity contribution in [3.05, 3.63) is 77.4 Å². The fourth-order valence-electron chi connectivity index (χ4n) is 4.69. The number of hydrogen-bond acceptors (Lipinski definition) is 9. The molecule has 10 heteroatoms. The van der Waals surface area contributed by atoms with E-state index in [1.54, 1.807) is 25.3 Å². The summed E-state index contributed by atoms with van der Waals surface area (Å²) in [7, 11) is 0. The molecule has 3 aromatic heterocycles. The summed E-state index contributed by atoms with van der Waals surface area (Å²) in [5.74, 6) is 1.90. The average molecular weight is 500 g/mol. The Bertz CT molecular complexity index is 1440. The summed E-state index contributed by atoms with van der Waals surface area (Å²) in [5, 5.41) is 20.7. The van der Waals surface area contributed by atoms with Crippen molar-refractivity contribution in [3.63, 3.8) is 0 Å². The second kappa shape index (κ2) is 9.62. The van der Waals surface area contributed by atoms with E-state index in [4.69, 9.17) is 9.51 Å². The fraction of sp³-hybridized carbons (Fsp3) is 0.296. The van der Waals surface area contributed by atoms with Gasteiger partial charge in [-0.05, 0) is 45.4 Å². The first-order valence-corrected chi connectivity index (χ1v) is 12.2. The summed E-state index contributed by atoms with van der Waals surface area (Å²) >= 11 is 0. The van der Waals surface area contributed by atoms with Crippen molar-refractivity contribution in [2.75, 3.05) is 23.8 Å². The first-order chi connectivity index (χ1) is 17.8. The van der Waals surface area contributed by atoms with Crippen LogP contribution in [0.5, 0.6) is 0 Å². The predicted molar refractivity (Wildman–Crippen MR) is 139 cm³/mol. The SMILES string of the molecule is CCN1C(=O)c2ccc(Nc3cc(N[C@H](CO)c4ccccc4)c(-c4nc(C)no4)cn3)nc2C1(C)C. The van der Waals surface area contributed by atoms with E-state index in [1.165, 1.54) is 0 Å². The van der Waals surface area contributed by atoms with Gasteiger partial charge in [-0.3, -0.25) is 4.79 Å². The number of carbonyl (C=O) groups is 1. The number of hydrogen-bond donors (Lipinski definition) is 3. The Kier molecular flexibility index (Phi) is 6.34. The molecule has 4 heterocycles. The number of carbonyl (C=O) groups excluding carboxylic acids is 1. The Hall–Kier alpha value is -4.31. The number of rotatable bonds is 8. The maximum absolute atomic E-state index is 12.8. The molecule has 1 amide bonds. The minimum absolute atomic E-state index is 0.0127. The van der Waals surface area contributed by atoms with Crippen molar-refractivity contribution in [3.8, 4) is 11.5 Å². The normalized spacial score (nSPS) is 14.9. The van der Waals surface area contributed by atoms with Crippen molar-refractivity contribution < 1.29 is 14.4 Å². The number of anilines is 3. The smallest absolute Gasteiger partial charge is 0.261 e. The standard InChI is InChI=1S/C27H29N7O3/c1-5-34-26(36)18-11-12-22(32-24(18)27(34,3)4)31-23-13-20(19(14-28-23)25-29-16(2)33-37-25)30-21(15-35)17-9-7-6-8-10-17/h6-14,21,35H,5,15H2,1-4H3,(H2,28,30,31,32)/t21-/m1/s1. The van der Waals surface area contributed by atoms with Crippen LogP contribution in [-0.2, 0) is 5.54 Å². The quantitative estimate of drug-likeness (QED) is 0.322. The van der Waals surface area contributed by atoms with Crippen LogP contribution in [0, 0.1) is 6.92 Å². The molecule has 1 aliphatic heterocycles. The minimum Gasteiger partial charge on any atom is -0.394 e. The van der Waals surface area contributed by atoms with Gasteiger partial charge in [0.2, 0.25) is 0 Å². The van der Waals surface area contributed by atoms with Gasteiger partial charge in [0.15, 0.2) is 5.82 Å². The lowest BCUT2D eigenvalue weighted by Crippen LogP contribution is -2.39. The zero-order valence-corrected chi connectivity index (χ0v) is 21.2. The fourth-order valence-corrected chi connectivity index (χ4v) is 4.69. The third-order valence-electron chi connectivity index (χ3n) is 6.57. The molecule has 0 saturated heterocycles. The van der Waals surface area contributed by atoms with Crippen molar-refractivity contribution in [2.45, 2.75) is 39.3 Å². The summed E-state index contributed by atoms with van der Waals surface area (Å²) in [6.07, 6.45) is 1.64. The minimum atomic E-state index is -0.511. The lowest BCUT2D eigenvalue weighted by molar-refractivity contribution is 0.0631. The van der Waals surface area contributed by atoms with Crippen molar-refractivity contribution in [1.29, 1.82) is 0 Å². The Labute approximate surface area is 214 Å². The molecule has 37 heavy (non-hydrogen) atoms. The summed E-state index contributed by atoms with van der Waals surface area (Å²) in [6, 6.07) is 14.7. The number of aryl methyl sites for hydroxylation is 1. The van der Waals surface area contributed by atoms with Gasteiger partial charge in [0.1, 0.15) is 11.6 Å². The lowest BCUT2D eigenvalue weighted by atomic mass is 9.99. The van der Waals surface area contributed by atoms with Crippen LogP contribution in [-0.4, -0.2) is 49.2 Å². The Balaban J connectivity index is 1.49. The van der Waals surface area contributed by atoms with Gasteiger partial charge in [0.05, 0.1) is 40.7 Å². The Morgan fingerprint density at radius 3 is 2.54 bits per heavy atom. The maximum atomic E-state index is 12.8. The first-order valence-electron chi connectivity index (χ1n) is 12.2. The van der Waals surface area contributed by atoms with Gasteiger partial charge in [-0.25, -0.2) is 9.97 Å². The number of pyridine rings is 2. The summed E-state index contributed by atoms with van der Waals surface area (Å²) in [6.45, 7) is 8.18. The van der Waals surface area contributed by atoms with Crippen LogP contribution in [0.3, 0.4) is 0 Å². The Morgan fingerprint density at radius 2 is 1.86 bits per heavy atom. The summed E-state index contributed by atoms with van der Waals surface area (Å²) < 4.78 is 5.40. The topological polar surface area (TPSA) is 129 Å². The maximum Gasteiger partial charge on any atom is 0.261 e. The monoisotopic (exact) mass is 499 g/mol. The number of aliphatic hydroxyl groups excluding tert-OH is 1. The molecular weight excluding hydrogens is 470 g/mol. The highest BCUT2D eigenvalue weighted by molar-refractivity contribution is 5.99. The largest absolute Gasteiger partial charge is 0.394 e. The number of fused-ring (bicyclic) bond motifs is 1. The molecule has 10 nitrogen and oxygen atoms in total.